The van der Waals surface area contributed by atoms with Crippen molar-refractivity contribution in [3.05, 3.63) is 33.5 Å². The van der Waals surface area contributed by atoms with Gasteiger partial charge in [0.15, 0.2) is 5.16 Å². The van der Waals surface area contributed by atoms with Gasteiger partial charge in [0, 0.05) is 12.1 Å². The van der Waals surface area contributed by atoms with Gasteiger partial charge in [0.1, 0.15) is 17.4 Å². The largest absolute Gasteiger partial charge is 0.438 e. The summed E-state index contributed by atoms with van der Waals surface area (Å²) in [5.74, 6) is 5.62. The standard InChI is InChI=1S/C11H9BrClFN4OS/c1-20-11-16-9(18-15)4-10(17-11)19-8-3-7(14)6(13)2-5(8)12/h2-4H,15H2,1H3,(H,16,17,18). The van der Waals surface area contributed by atoms with Crippen LogP contribution in [0.3, 0.4) is 0 Å². The van der Waals surface area contributed by atoms with Crippen LogP contribution in [0.1, 0.15) is 0 Å². The first-order valence-electron chi connectivity index (χ1n) is 5.25. The second-order valence-electron chi connectivity index (χ2n) is 3.52. The number of nitrogens with zero attached hydrogens (tertiary/aromatic N) is 2. The predicted octanol–water partition coefficient (Wildman–Crippen LogP) is 3.83. The first-order chi connectivity index (χ1) is 9.53. The van der Waals surface area contributed by atoms with E-state index in [0.717, 1.165) is 0 Å². The maximum atomic E-state index is 13.5. The number of nitrogens with two attached hydrogens (primary N) is 1. The highest BCUT2D eigenvalue weighted by Gasteiger charge is 2.11. The Bertz CT molecular complexity index is 624. The SMILES string of the molecule is CSc1nc(NN)cc(Oc2cc(F)c(Cl)cc2Br)n1. The zero-order valence-corrected chi connectivity index (χ0v) is 13.3. The van der Waals surface area contributed by atoms with Crippen LogP contribution in [0.4, 0.5) is 10.2 Å². The van der Waals surface area contributed by atoms with Gasteiger partial charge >= 0.3 is 0 Å². The van der Waals surface area contributed by atoms with E-state index >= 15 is 0 Å². The molecule has 2 aromatic rings. The minimum Gasteiger partial charge on any atom is -0.438 e. The molecular weight excluding hydrogens is 371 g/mol. The molecule has 0 saturated carbocycles. The van der Waals surface area contributed by atoms with E-state index in [1.54, 1.807) is 0 Å². The van der Waals surface area contributed by atoms with Crippen molar-refractivity contribution in [3.63, 3.8) is 0 Å². The molecule has 1 aromatic carbocycles. The maximum absolute atomic E-state index is 13.5. The molecule has 0 unspecified atom stereocenters. The molecule has 5 nitrogen and oxygen atoms in total. The first kappa shape index (κ1) is 15.3. The summed E-state index contributed by atoms with van der Waals surface area (Å²) in [5.41, 5.74) is 2.41. The molecule has 0 amide bonds. The van der Waals surface area contributed by atoms with Gasteiger partial charge in [-0.25, -0.2) is 15.2 Å². The Labute approximate surface area is 132 Å². The van der Waals surface area contributed by atoms with Crippen LogP contribution in [0.5, 0.6) is 11.6 Å². The van der Waals surface area contributed by atoms with E-state index in [2.05, 4.69) is 31.3 Å². The number of hydrazine groups is 1. The van der Waals surface area contributed by atoms with Gasteiger partial charge in [-0.2, -0.15) is 4.98 Å². The third kappa shape index (κ3) is 3.51. The van der Waals surface area contributed by atoms with Gasteiger partial charge in [-0.05, 0) is 28.3 Å². The van der Waals surface area contributed by atoms with Crippen LogP contribution in [0.2, 0.25) is 5.02 Å². The molecule has 0 aliphatic heterocycles. The molecule has 106 valence electrons. The number of nitrogens with one attached hydrogen (secondary N) is 1. The van der Waals surface area contributed by atoms with Crippen molar-refractivity contribution in [2.24, 2.45) is 5.84 Å². The lowest BCUT2D eigenvalue weighted by Crippen LogP contribution is -2.09. The number of ether oxygens (including phenoxy) is 1. The molecule has 0 aliphatic carbocycles. The van der Waals surface area contributed by atoms with Crippen molar-refractivity contribution in [2.45, 2.75) is 5.16 Å². The van der Waals surface area contributed by atoms with E-state index in [0.29, 0.717) is 15.4 Å². The van der Waals surface area contributed by atoms with Gasteiger partial charge in [-0.1, -0.05) is 23.4 Å². The molecular formula is C11H9BrClFN4OS. The van der Waals surface area contributed by atoms with E-state index < -0.39 is 5.82 Å². The topological polar surface area (TPSA) is 73.1 Å². The lowest BCUT2D eigenvalue weighted by molar-refractivity contribution is 0.449. The summed E-state index contributed by atoms with van der Waals surface area (Å²) >= 11 is 10.2. The van der Waals surface area contributed by atoms with Gasteiger partial charge in [-0.15, -0.1) is 0 Å². The number of rotatable bonds is 4. The highest BCUT2D eigenvalue weighted by molar-refractivity contribution is 9.10. The average molecular weight is 380 g/mol. The van der Waals surface area contributed by atoms with E-state index in [9.17, 15) is 4.39 Å². The van der Waals surface area contributed by atoms with Crippen molar-refractivity contribution in [3.8, 4) is 11.6 Å². The van der Waals surface area contributed by atoms with E-state index in [4.69, 9.17) is 22.2 Å². The Balaban J connectivity index is 2.36. The average Bonchev–Trinajstić information content (AvgIpc) is 2.44. The van der Waals surface area contributed by atoms with Gasteiger partial charge in [0.25, 0.3) is 0 Å². The maximum Gasteiger partial charge on any atom is 0.225 e. The molecule has 0 radical (unpaired) electrons. The Hall–Kier alpha value is -1.09. The van der Waals surface area contributed by atoms with Crippen LogP contribution in [-0.4, -0.2) is 16.2 Å². The van der Waals surface area contributed by atoms with Gasteiger partial charge in [-0.3, -0.25) is 0 Å². The molecule has 2 rings (SSSR count). The van der Waals surface area contributed by atoms with Crippen molar-refractivity contribution in [2.75, 3.05) is 11.7 Å². The number of benzene rings is 1. The van der Waals surface area contributed by atoms with Crippen molar-refractivity contribution in [1.29, 1.82) is 0 Å². The fraction of sp³-hybridized carbons (Fsp3) is 0.0909. The second kappa shape index (κ2) is 6.57. The fourth-order valence-electron chi connectivity index (χ4n) is 1.32. The van der Waals surface area contributed by atoms with Gasteiger partial charge in [0.05, 0.1) is 9.50 Å². The fourth-order valence-corrected chi connectivity index (χ4v) is 2.41. The highest BCUT2D eigenvalue weighted by Crippen LogP contribution is 2.34. The summed E-state index contributed by atoms with van der Waals surface area (Å²) in [6.07, 6.45) is 1.82. The highest BCUT2D eigenvalue weighted by atomic mass is 79.9. The van der Waals surface area contributed by atoms with Crippen LogP contribution in [0, 0.1) is 5.82 Å². The molecule has 0 spiro atoms. The molecule has 3 N–H and O–H groups in total. The molecule has 9 heteroatoms. The monoisotopic (exact) mass is 378 g/mol. The van der Waals surface area contributed by atoms with Gasteiger partial charge in [0.2, 0.25) is 5.88 Å². The van der Waals surface area contributed by atoms with E-state index in [1.807, 2.05) is 6.26 Å². The molecule has 20 heavy (non-hydrogen) atoms. The Morgan fingerprint density at radius 3 is 2.80 bits per heavy atom. The molecule has 0 atom stereocenters. The predicted molar refractivity (Wildman–Crippen MR) is 80.8 cm³/mol. The number of nitrogen functional groups attached to an aromatic ring is 1. The summed E-state index contributed by atoms with van der Waals surface area (Å²) in [6.45, 7) is 0. The molecule has 0 aliphatic rings. The normalized spacial score (nSPS) is 10.4. The Morgan fingerprint density at radius 1 is 1.40 bits per heavy atom. The number of hydrogen-bond acceptors (Lipinski definition) is 6. The van der Waals surface area contributed by atoms with Crippen LogP contribution < -0.4 is 16.0 Å². The smallest absolute Gasteiger partial charge is 0.225 e. The summed E-state index contributed by atoms with van der Waals surface area (Å²) < 4.78 is 19.5. The van der Waals surface area contributed by atoms with Crippen LogP contribution >= 0.6 is 39.3 Å². The minimum atomic E-state index is -0.582. The summed E-state index contributed by atoms with van der Waals surface area (Å²) in [4.78, 5) is 8.24. The Kier molecular flexibility index (Phi) is 5.03. The number of hydrogen-bond donors (Lipinski definition) is 2. The van der Waals surface area contributed by atoms with Gasteiger partial charge < -0.3 is 10.2 Å². The summed E-state index contributed by atoms with van der Waals surface area (Å²) in [7, 11) is 0. The van der Waals surface area contributed by atoms with E-state index in [-0.39, 0.29) is 16.7 Å². The van der Waals surface area contributed by atoms with Crippen LogP contribution in [-0.2, 0) is 0 Å². The molecule has 0 fully saturated rings. The molecule has 1 aromatic heterocycles. The lowest BCUT2D eigenvalue weighted by Gasteiger charge is -2.10. The first-order valence-corrected chi connectivity index (χ1v) is 7.65. The third-order valence-electron chi connectivity index (χ3n) is 2.20. The van der Waals surface area contributed by atoms with Crippen LogP contribution in [0.25, 0.3) is 0 Å². The molecule has 1 heterocycles. The number of aromatic nitrogens is 2. The Morgan fingerprint density at radius 2 is 2.15 bits per heavy atom. The quantitative estimate of drug-likeness (QED) is 0.276. The summed E-state index contributed by atoms with van der Waals surface area (Å²) in [5, 5.41) is 0.474. The molecule has 0 bridgehead atoms. The van der Waals surface area contributed by atoms with Crippen molar-refractivity contribution in [1.82, 2.24) is 9.97 Å². The third-order valence-corrected chi connectivity index (χ3v) is 3.66. The molecule has 0 saturated heterocycles. The number of halogens is 3. The van der Waals surface area contributed by atoms with E-state index in [1.165, 1.54) is 30.0 Å². The lowest BCUT2D eigenvalue weighted by atomic mass is 10.3. The number of thioether (sulfide) groups is 1. The minimum absolute atomic E-state index is 0.000953. The second-order valence-corrected chi connectivity index (χ2v) is 5.56. The zero-order chi connectivity index (χ0) is 14.7. The number of anilines is 1. The van der Waals surface area contributed by atoms with Crippen molar-refractivity contribution >= 4 is 45.1 Å². The summed E-state index contributed by atoms with van der Waals surface area (Å²) in [6, 6.07) is 4.08. The zero-order valence-electron chi connectivity index (χ0n) is 10.2. The van der Waals surface area contributed by atoms with Crippen molar-refractivity contribution < 1.29 is 9.13 Å². The van der Waals surface area contributed by atoms with Crippen LogP contribution in [0.15, 0.2) is 27.8 Å².